The third-order valence-corrected chi connectivity index (χ3v) is 5.86. The van der Waals surface area contributed by atoms with Gasteiger partial charge in [-0.3, -0.25) is 4.55 Å². The number of hydrogen-bond acceptors (Lipinski definition) is 4. The summed E-state index contributed by atoms with van der Waals surface area (Å²) in [5, 5.41) is 12.4. The van der Waals surface area contributed by atoms with Gasteiger partial charge >= 0.3 is 29.6 Å². The summed E-state index contributed by atoms with van der Waals surface area (Å²) in [4.78, 5) is -0.248. The van der Waals surface area contributed by atoms with E-state index in [0.717, 1.165) is 25.3 Å². The Kier molecular flexibility index (Phi) is 12.7. The molecule has 0 spiro atoms. The van der Waals surface area contributed by atoms with E-state index in [1.165, 1.54) is 44.6 Å². The molecule has 1 N–H and O–H groups in total. The third kappa shape index (κ3) is 9.40. The van der Waals surface area contributed by atoms with Crippen molar-refractivity contribution in [2.75, 3.05) is 0 Å². The van der Waals surface area contributed by atoms with Crippen LogP contribution in [-0.2, 0) is 16.5 Å². The van der Waals surface area contributed by atoms with Gasteiger partial charge in [0.05, 0.1) is 0 Å². The summed E-state index contributed by atoms with van der Waals surface area (Å²) < 4.78 is 38.8. The van der Waals surface area contributed by atoms with Crippen molar-refractivity contribution in [1.82, 2.24) is 0 Å². The van der Waals surface area contributed by atoms with Crippen LogP contribution in [-0.4, -0.2) is 13.0 Å². The van der Waals surface area contributed by atoms with E-state index in [4.69, 9.17) is 4.74 Å². The third-order valence-electron chi connectivity index (χ3n) is 4.93. The molecule has 160 valence electrons. The van der Waals surface area contributed by atoms with Gasteiger partial charge < -0.3 is 9.84 Å². The van der Waals surface area contributed by atoms with Crippen LogP contribution in [0.15, 0.2) is 47.4 Å². The van der Waals surface area contributed by atoms with Crippen LogP contribution < -0.4 is 39.4 Å². The van der Waals surface area contributed by atoms with E-state index in [1.807, 2.05) is 6.07 Å². The fourth-order valence-corrected chi connectivity index (χ4v) is 4.09. The SMILES string of the molecule is CCCCCCCCCCCc1cc([O-])c(Oc2ccccc2)cc1S(=O)(=O)O.[Na+]. The van der Waals surface area contributed by atoms with Crippen LogP contribution in [0.5, 0.6) is 17.2 Å². The molecule has 30 heavy (non-hydrogen) atoms. The molecule has 0 unspecified atom stereocenters. The molecular weight excluding hydrogens is 411 g/mol. The zero-order valence-electron chi connectivity index (χ0n) is 18.1. The van der Waals surface area contributed by atoms with Crippen molar-refractivity contribution in [1.29, 1.82) is 0 Å². The Balaban J connectivity index is 0.00000450. The molecule has 0 aliphatic carbocycles. The first-order valence-electron chi connectivity index (χ1n) is 10.5. The van der Waals surface area contributed by atoms with Crippen molar-refractivity contribution >= 4 is 10.1 Å². The Morgan fingerprint density at radius 2 is 1.47 bits per heavy atom. The topological polar surface area (TPSA) is 86.7 Å². The molecule has 0 aromatic heterocycles. The molecule has 0 atom stereocenters. The first-order valence-corrected chi connectivity index (χ1v) is 11.9. The van der Waals surface area contributed by atoms with Crippen LogP contribution in [0.25, 0.3) is 0 Å². The van der Waals surface area contributed by atoms with Crippen molar-refractivity contribution in [3.63, 3.8) is 0 Å². The van der Waals surface area contributed by atoms with E-state index in [2.05, 4.69) is 6.92 Å². The number of aryl methyl sites for hydroxylation is 1. The Labute approximate surface area is 202 Å². The molecule has 0 radical (unpaired) electrons. The maximum absolute atomic E-state index is 12.4. The van der Waals surface area contributed by atoms with Crippen LogP contribution in [0.1, 0.15) is 70.3 Å². The van der Waals surface area contributed by atoms with E-state index < -0.39 is 15.9 Å². The molecule has 0 fully saturated rings. The maximum Gasteiger partial charge on any atom is 1.00 e. The number of para-hydroxylation sites is 1. The second kappa shape index (κ2) is 14.1. The predicted octanol–water partition coefficient (Wildman–Crippen LogP) is 2.88. The molecule has 5 nitrogen and oxygen atoms in total. The van der Waals surface area contributed by atoms with Gasteiger partial charge in [-0.1, -0.05) is 88.3 Å². The first kappa shape index (κ1) is 27.0. The zero-order valence-corrected chi connectivity index (χ0v) is 20.9. The van der Waals surface area contributed by atoms with Crippen LogP contribution in [0.2, 0.25) is 0 Å². The van der Waals surface area contributed by atoms with Crippen molar-refractivity contribution in [2.24, 2.45) is 0 Å². The Morgan fingerprint density at radius 3 is 2.03 bits per heavy atom. The first-order chi connectivity index (χ1) is 13.9. The fourth-order valence-electron chi connectivity index (χ4n) is 3.34. The number of ether oxygens (including phenoxy) is 1. The minimum absolute atomic E-state index is 0. The van der Waals surface area contributed by atoms with E-state index in [1.54, 1.807) is 24.3 Å². The van der Waals surface area contributed by atoms with Gasteiger partial charge in [-0.25, -0.2) is 0 Å². The van der Waals surface area contributed by atoms with Crippen LogP contribution >= 0.6 is 0 Å². The molecule has 0 aliphatic heterocycles. The Hall–Kier alpha value is -1.05. The van der Waals surface area contributed by atoms with Gasteiger partial charge in [0.1, 0.15) is 16.4 Å². The molecule has 2 rings (SSSR count). The largest absolute Gasteiger partial charge is 1.00 e. The molecule has 2 aromatic carbocycles. The molecule has 0 saturated heterocycles. The van der Waals surface area contributed by atoms with Crippen molar-refractivity contribution in [3.05, 3.63) is 48.0 Å². The number of unbranched alkanes of at least 4 members (excludes halogenated alkanes) is 8. The quantitative estimate of drug-likeness (QED) is 0.293. The normalized spacial score (nSPS) is 11.1. The second-order valence-corrected chi connectivity index (χ2v) is 8.77. The molecule has 7 heteroatoms. The smallest absolute Gasteiger partial charge is 0.870 e. The summed E-state index contributed by atoms with van der Waals surface area (Å²) in [5.41, 5.74) is 0.348. The van der Waals surface area contributed by atoms with Crippen molar-refractivity contribution in [2.45, 2.75) is 76.0 Å². The van der Waals surface area contributed by atoms with E-state index in [0.29, 0.717) is 17.7 Å². The monoisotopic (exact) mass is 442 g/mol. The van der Waals surface area contributed by atoms with Crippen LogP contribution in [0, 0.1) is 0 Å². The van der Waals surface area contributed by atoms with Gasteiger partial charge in [0.2, 0.25) is 0 Å². The minimum Gasteiger partial charge on any atom is -0.870 e. The van der Waals surface area contributed by atoms with E-state index in [9.17, 15) is 18.1 Å². The molecule has 0 heterocycles. The average Bonchev–Trinajstić information content (AvgIpc) is 2.68. The van der Waals surface area contributed by atoms with Gasteiger partial charge in [0.25, 0.3) is 10.1 Å². The number of benzene rings is 2. The molecule has 0 saturated carbocycles. The van der Waals surface area contributed by atoms with Gasteiger partial charge in [-0.05, 0) is 30.5 Å². The van der Waals surface area contributed by atoms with Crippen LogP contribution in [0.3, 0.4) is 0 Å². The fraction of sp³-hybridized carbons (Fsp3) is 0.478. The number of hydrogen-bond donors (Lipinski definition) is 1. The standard InChI is InChI=1S/C23H32O5S.Na/c1-2-3-4-5-6-7-8-9-11-14-19-17-21(24)22(18-23(19)29(25,26)27)28-20-15-12-10-13-16-20;/h10,12-13,15-18,24H,2-9,11,14H2,1H3,(H,25,26,27);/q;+1/p-1. The van der Waals surface area contributed by atoms with Crippen molar-refractivity contribution < 1.29 is 52.4 Å². The molecular formula is C23H31NaO5S. The summed E-state index contributed by atoms with van der Waals surface area (Å²) in [6.45, 7) is 2.20. The van der Waals surface area contributed by atoms with Gasteiger partial charge in [0, 0.05) is 6.07 Å². The molecule has 2 aromatic rings. The number of rotatable bonds is 13. The average molecular weight is 443 g/mol. The second-order valence-electron chi connectivity index (χ2n) is 7.38. The molecule has 0 aliphatic rings. The Morgan fingerprint density at radius 1 is 0.900 bits per heavy atom. The van der Waals surface area contributed by atoms with E-state index >= 15 is 0 Å². The summed E-state index contributed by atoms with van der Waals surface area (Å²) in [7, 11) is -4.44. The maximum atomic E-state index is 12.4. The molecule has 0 bridgehead atoms. The Bertz CT molecular complexity index is 853. The van der Waals surface area contributed by atoms with Crippen molar-refractivity contribution in [3.8, 4) is 17.2 Å². The molecule has 0 amide bonds. The summed E-state index contributed by atoms with van der Waals surface area (Å²) >= 11 is 0. The van der Waals surface area contributed by atoms with Gasteiger partial charge in [-0.2, -0.15) is 8.42 Å². The summed E-state index contributed by atoms with van der Waals surface area (Å²) in [5.74, 6) is -0.0793. The summed E-state index contributed by atoms with van der Waals surface area (Å²) in [6.07, 6.45) is 10.8. The van der Waals surface area contributed by atoms with Gasteiger partial charge in [0.15, 0.2) is 0 Å². The minimum atomic E-state index is -4.44. The van der Waals surface area contributed by atoms with E-state index in [-0.39, 0.29) is 40.2 Å². The van der Waals surface area contributed by atoms with Gasteiger partial charge in [-0.15, -0.1) is 0 Å². The van der Waals surface area contributed by atoms with Crippen LogP contribution in [0.4, 0.5) is 0 Å². The zero-order chi connectivity index (χ0) is 21.1. The predicted molar refractivity (Wildman–Crippen MR) is 113 cm³/mol. The summed E-state index contributed by atoms with van der Waals surface area (Å²) in [6, 6.07) is 11.1.